The fraction of sp³-hybridized carbons (Fsp3) is 0.387. The van der Waals surface area contributed by atoms with Crippen molar-refractivity contribution in [1.29, 1.82) is 0 Å². The molecule has 0 saturated heterocycles. The zero-order chi connectivity index (χ0) is 28.1. The highest BCUT2D eigenvalue weighted by Gasteiger charge is 2.30. The molecule has 1 saturated carbocycles. The number of esters is 1. The van der Waals surface area contributed by atoms with Crippen LogP contribution in [-0.2, 0) is 27.3 Å². The van der Waals surface area contributed by atoms with Crippen molar-refractivity contribution in [2.45, 2.75) is 62.8 Å². The lowest BCUT2D eigenvalue weighted by Gasteiger charge is -2.19. The van der Waals surface area contributed by atoms with Crippen LogP contribution in [0.4, 0.5) is 9.52 Å². The predicted molar refractivity (Wildman–Crippen MR) is 160 cm³/mol. The second-order valence-corrected chi connectivity index (χ2v) is 12.0. The largest absolute Gasteiger partial charge is 0.466 e. The van der Waals surface area contributed by atoms with E-state index in [1.54, 1.807) is 36.2 Å². The van der Waals surface area contributed by atoms with Crippen molar-refractivity contribution >= 4 is 51.0 Å². The lowest BCUT2D eigenvalue weighted by Crippen LogP contribution is -2.23. The molecule has 0 bridgehead atoms. The average molecular weight is 580 g/mol. The van der Waals surface area contributed by atoms with Crippen molar-refractivity contribution in [2.75, 3.05) is 18.2 Å². The summed E-state index contributed by atoms with van der Waals surface area (Å²) in [5, 5.41) is 5.98. The van der Waals surface area contributed by atoms with Gasteiger partial charge in [-0.05, 0) is 67.0 Å². The van der Waals surface area contributed by atoms with Crippen LogP contribution in [0.25, 0.3) is 10.9 Å². The van der Waals surface area contributed by atoms with Crippen molar-refractivity contribution in [1.82, 2.24) is 9.55 Å². The first-order valence-electron chi connectivity index (χ1n) is 13.8. The second-order valence-electron chi connectivity index (χ2n) is 10.3. The molecule has 1 unspecified atom stereocenters. The van der Waals surface area contributed by atoms with Gasteiger partial charge in [0.2, 0.25) is 5.91 Å². The van der Waals surface area contributed by atoms with E-state index in [1.807, 2.05) is 6.20 Å². The molecule has 1 atom stereocenters. The van der Waals surface area contributed by atoms with Gasteiger partial charge in [-0.3, -0.25) is 9.59 Å². The first-order chi connectivity index (χ1) is 19.4. The van der Waals surface area contributed by atoms with E-state index in [1.165, 1.54) is 35.1 Å². The fourth-order valence-electron chi connectivity index (χ4n) is 5.59. The van der Waals surface area contributed by atoms with Crippen LogP contribution < -0.4 is 5.32 Å². The summed E-state index contributed by atoms with van der Waals surface area (Å²) in [5.41, 5.74) is 3.44. The van der Waals surface area contributed by atoms with Crippen LogP contribution >= 0.6 is 23.1 Å². The number of halogens is 1. The zero-order valence-electron chi connectivity index (χ0n) is 22.8. The molecule has 1 fully saturated rings. The van der Waals surface area contributed by atoms with Crippen LogP contribution in [0, 0.1) is 11.7 Å². The van der Waals surface area contributed by atoms with Gasteiger partial charge in [0.05, 0.1) is 24.6 Å². The molecule has 4 aromatic rings. The van der Waals surface area contributed by atoms with Gasteiger partial charge in [0.15, 0.2) is 5.13 Å². The second kappa shape index (κ2) is 13.0. The summed E-state index contributed by atoms with van der Waals surface area (Å²) in [7, 11) is 0. The molecule has 210 valence electrons. The lowest BCUT2D eigenvalue weighted by molar-refractivity contribution is -0.142. The molecule has 1 aliphatic rings. The van der Waals surface area contributed by atoms with Crippen LogP contribution in [0.15, 0.2) is 58.9 Å². The first kappa shape index (κ1) is 28.4. The third-order valence-corrected chi connectivity index (χ3v) is 9.08. The monoisotopic (exact) mass is 579 g/mol. The highest BCUT2D eigenvalue weighted by atomic mass is 32.2. The van der Waals surface area contributed by atoms with Gasteiger partial charge in [-0.25, -0.2) is 9.37 Å². The Labute approximate surface area is 242 Å². The van der Waals surface area contributed by atoms with E-state index in [-0.39, 0.29) is 24.1 Å². The van der Waals surface area contributed by atoms with E-state index >= 15 is 0 Å². The maximum absolute atomic E-state index is 14.6. The van der Waals surface area contributed by atoms with Gasteiger partial charge in [0.25, 0.3) is 0 Å². The Morgan fingerprint density at radius 2 is 1.98 bits per heavy atom. The van der Waals surface area contributed by atoms with Gasteiger partial charge in [-0.15, -0.1) is 23.1 Å². The van der Waals surface area contributed by atoms with E-state index in [2.05, 4.69) is 45.4 Å². The standard InChI is InChI=1S/C31H34FN3O3S2/c1-3-38-29(36)16-23-19-40-31(33-23)34-30(37)26(14-20-6-4-5-7-20)27-18-35(28-13-10-22(32)15-25(27)28)17-21-8-11-24(39-2)12-9-21/h8-13,15,18-20,26H,3-7,14,16-17H2,1-2H3,(H,33,34,37). The van der Waals surface area contributed by atoms with Gasteiger partial charge in [0, 0.05) is 33.9 Å². The first-order valence-corrected chi connectivity index (χ1v) is 15.9. The molecule has 1 amide bonds. The van der Waals surface area contributed by atoms with Gasteiger partial charge in [0.1, 0.15) is 5.82 Å². The molecule has 0 spiro atoms. The van der Waals surface area contributed by atoms with E-state index in [9.17, 15) is 14.0 Å². The molecular weight excluding hydrogens is 545 g/mol. The molecule has 2 aromatic heterocycles. The summed E-state index contributed by atoms with van der Waals surface area (Å²) >= 11 is 2.99. The smallest absolute Gasteiger partial charge is 0.311 e. The highest BCUT2D eigenvalue weighted by Crippen LogP contribution is 2.38. The number of nitrogens with one attached hydrogen (secondary N) is 1. The number of carbonyl (C=O) groups is 2. The maximum atomic E-state index is 14.6. The molecule has 40 heavy (non-hydrogen) atoms. The molecule has 0 radical (unpaired) electrons. The summed E-state index contributed by atoms with van der Waals surface area (Å²) < 4.78 is 21.7. The summed E-state index contributed by atoms with van der Waals surface area (Å²) in [4.78, 5) is 31.4. The quantitative estimate of drug-likeness (QED) is 0.148. The minimum atomic E-state index is -0.454. The summed E-state index contributed by atoms with van der Waals surface area (Å²) in [5.74, 6) is -0.832. The van der Waals surface area contributed by atoms with Crippen LogP contribution in [0.2, 0.25) is 0 Å². The number of rotatable bonds is 11. The van der Waals surface area contributed by atoms with E-state index in [0.717, 1.165) is 34.9 Å². The van der Waals surface area contributed by atoms with Crippen LogP contribution in [-0.4, -0.2) is 34.3 Å². The summed E-state index contributed by atoms with van der Waals surface area (Å²) in [6.45, 7) is 2.70. The third kappa shape index (κ3) is 6.75. The number of fused-ring (bicyclic) bond motifs is 1. The Morgan fingerprint density at radius 1 is 1.20 bits per heavy atom. The SMILES string of the molecule is CCOC(=O)Cc1csc(NC(=O)C(CC2CCCC2)c2cn(Cc3ccc(SC)cc3)c3ccc(F)cc23)n1. The average Bonchev–Trinajstić information content (AvgIpc) is 3.69. The highest BCUT2D eigenvalue weighted by molar-refractivity contribution is 7.98. The Kier molecular flexibility index (Phi) is 9.22. The Balaban J connectivity index is 1.45. The van der Waals surface area contributed by atoms with Crippen molar-refractivity contribution in [3.05, 3.63) is 76.7 Å². The summed E-state index contributed by atoms with van der Waals surface area (Å²) in [6, 6.07) is 13.3. The summed E-state index contributed by atoms with van der Waals surface area (Å²) in [6.07, 6.45) is 9.38. The molecule has 9 heteroatoms. The number of nitrogens with zero attached hydrogens (tertiary/aromatic N) is 2. The molecule has 5 rings (SSSR count). The minimum absolute atomic E-state index is 0.0659. The normalized spacial score (nSPS) is 14.5. The van der Waals surface area contributed by atoms with Crippen molar-refractivity contribution in [2.24, 2.45) is 5.92 Å². The molecule has 1 aliphatic carbocycles. The maximum Gasteiger partial charge on any atom is 0.311 e. The van der Waals surface area contributed by atoms with E-state index < -0.39 is 5.92 Å². The predicted octanol–water partition coefficient (Wildman–Crippen LogP) is 7.42. The molecule has 2 aromatic carbocycles. The lowest BCUT2D eigenvalue weighted by atomic mass is 9.87. The number of carbonyl (C=O) groups excluding carboxylic acids is 2. The van der Waals surface area contributed by atoms with Crippen LogP contribution in [0.3, 0.4) is 0 Å². The fourth-order valence-corrected chi connectivity index (χ4v) is 6.71. The van der Waals surface area contributed by atoms with E-state index in [0.29, 0.717) is 36.3 Å². The van der Waals surface area contributed by atoms with Crippen LogP contribution in [0.1, 0.15) is 61.8 Å². The van der Waals surface area contributed by atoms with Crippen molar-refractivity contribution < 1.29 is 18.7 Å². The molecule has 0 aliphatic heterocycles. The number of aromatic nitrogens is 2. The molecule has 2 heterocycles. The topological polar surface area (TPSA) is 73.2 Å². The third-order valence-electron chi connectivity index (χ3n) is 7.53. The van der Waals surface area contributed by atoms with Gasteiger partial charge in [-0.2, -0.15) is 0 Å². The Bertz CT molecular complexity index is 1480. The van der Waals surface area contributed by atoms with Gasteiger partial charge in [-0.1, -0.05) is 37.8 Å². The number of hydrogen-bond donors (Lipinski definition) is 1. The zero-order valence-corrected chi connectivity index (χ0v) is 24.5. The van der Waals surface area contributed by atoms with Gasteiger partial charge >= 0.3 is 5.97 Å². The number of ether oxygens (including phenoxy) is 1. The number of thioether (sulfide) groups is 1. The van der Waals surface area contributed by atoms with Crippen LogP contribution in [0.5, 0.6) is 0 Å². The van der Waals surface area contributed by atoms with Gasteiger partial charge < -0.3 is 14.6 Å². The van der Waals surface area contributed by atoms with E-state index in [4.69, 9.17) is 4.74 Å². The number of hydrogen-bond acceptors (Lipinski definition) is 6. The minimum Gasteiger partial charge on any atom is -0.466 e. The number of amides is 1. The van der Waals surface area contributed by atoms with Crippen molar-refractivity contribution in [3.8, 4) is 0 Å². The molecule has 1 N–H and O–H groups in total. The molecule has 6 nitrogen and oxygen atoms in total. The van der Waals surface area contributed by atoms with Crippen molar-refractivity contribution in [3.63, 3.8) is 0 Å². The Morgan fingerprint density at radius 3 is 2.70 bits per heavy atom. The number of anilines is 1. The number of benzene rings is 2. The number of thiazole rings is 1. The molecular formula is C31H34FN3O3S2. The Hall–Kier alpha value is -3.17.